The Morgan fingerprint density at radius 2 is 1.85 bits per heavy atom. The van der Waals surface area contributed by atoms with Crippen LogP contribution in [0.25, 0.3) is 6.08 Å². The zero-order chi connectivity index (χ0) is 18.2. The number of benzene rings is 1. The van der Waals surface area contributed by atoms with Gasteiger partial charge in [-0.25, -0.2) is 9.18 Å². The van der Waals surface area contributed by atoms with Crippen LogP contribution in [0.5, 0.6) is 0 Å². The molecule has 1 aliphatic heterocycles. The number of amides is 2. The molecule has 2 aliphatic rings. The topological polar surface area (TPSA) is 44.4 Å². The second-order valence-electron chi connectivity index (χ2n) is 7.48. The molecule has 1 heterocycles. The lowest BCUT2D eigenvalue weighted by Crippen LogP contribution is -2.47. The standard InChI is InChI=1S/C21H30FN3O/c22-19-9-7-17(8-10-19)4-3-15-25(16-18-11-13-23-14-12-18)21(26)24-20-5-1-2-6-20/h3-4,7-10,18,20,23H,1-2,5-6,11-16H2,(H,24,26). The third-order valence-corrected chi connectivity index (χ3v) is 5.41. The van der Waals surface area contributed by atoms with Gasteiger partial charge in [-0.1, -0.05) is 37.1 Å². The molecular formula is C21H30FN3O. The summed E-state index contributed by atoms with van der Waals surface area (Å²) < 4.78 is 13.0. The van der Waals surface area contributed by atoms with Gasteiger partial charge in [0.25, 0.3) is 0 Å². The quantitative estimate of drug-likeness (QED) is 0.812. The van der Waals surface area contributed by atoms with Gasteiger partial charge < -0.3 is 15.5 Å². The minimum atomic E-state index is -0.231. The molecule has 0 unspecified atom stereocenters. The van der Waals surface area contributed by atoms with Gasteiger partial charge >= 0.3 is 6.03 Å². The van der Waals surface area contributed by atoms with Gasteiger partial charge in [0, 0.05) is 19.1 Å². The number of urea groups is 1. The molecule has 2 amide bonds. The minimum absolute atomic E-state index is 0.0548. The Morgan fingerprint density at radius 3 is 2.54 bits per heavy atom. The number of halogens is 1. The van der Waals surface area contributed by atoms with Crippen LogP contribution in [-0.2, 0) is 0 Å². The number of carbonyl (C=O) groups is 1. The molecule has 1 saturated heterocycles. The zero-order valence-corrected chi connectivity index (χ0v) is 15.4. The maximum Gasteiger partial charge on any atom is 0.317 e. The predicted octanol–water partition coefficient (Wildman–Crippen LogP) is 3.79. The summed E-state index contributed by atoms with van der Waals surface area (Å²) in [5.74, 6) is 0.329. The molecule has 0 radical (unpaired) electrons. The van der Waals surface area contributed by atoms with Gasteiger partial charge in [0.1, 0.15) is 5.82 Å². The van der Waals surface area contributed by atoms with Gasteiger partial charge in [-0.2, -0.15) is 0 Å². The molecule has 4 nitrogen and oxygen atoms in total. The Hall–Kier alpha value is -1.88. The van der Waals surface area contributed by atoms with E-state index in [1.165, 1.54) is 25.0 Å². The fourth-order valence-corrected chi connectivity index (χ4v) is 3.84. The molecule has 0 aromatic heterocycles. The van der Waals surface area contributed by atoms with Crippen molar-refractivity contribution in [2.45, 2.75) is 44.6 Å². The Kier molecular flexibility index (Phi) is 7.06. The first-order valence-corrected chi connectivity index (χ1v) is 9.89. The molecule has 0 spiro atoms. The predicted molar refractivity (Wildman–Crippen MR) is 103 cm³/mol. The van der Waals surface area contributed by atoms with E-state index in [-0.39, 0.29) is 11.8 Å². The van der Waals surface area contributed by atoms with Crippen molar-refractivity contribution in [2.24, 2.45) is 5.92 Å². The van der Waals surface area contributed by atoms with E-state index in [2.05, 4.69) is 10.6 Å². The molecule has 2 N–H and O–H groups in total. The average Bonchev–Trinajstić information content (AvgIpc) is 3.16. The highest BCUT2D eigenvalue weighted by Crippen LogP contribution is 2.19. The summed E-state index contributed by atoms with van der Waals surface area (Å²) >= 11 is 0. The van der Waals surface area contributed by atoms with Crippen molar-refractivity contribution in [1.29, 1.82) is 0 Å². The molecule has 142 valence electrons. The molecule has 0 bridgehead atoms. The van der Waals surface area contributed by atoms with Crippen LogP contribution < -0.4 is 10.6 Å². The highest BCUT2D eigenvalue weighted by Gasteiger charge is 2.23. The molecule has 1 aliphatic carbocycles. The summed E-state index contributed by atoms with van der Waals surface area (Å²) in [6, 6.07) is 6.81. The number of piperidine rings is 1. The van der Waals surface area contributed by atoms with E-state index in [4.69, 9.17) is 0 Å². The number of rotatable bonds is 6. The van der Waals surface area contributed by atoms with Crippen molar-refractivity contribution >= 4 is 12.1 Å². The van der Waals surface area contributed by atoms with Crippen LogP contribution in [0, 0.1) is 11.7 Å². The van der Waals surface area contributed by atoms with E-state index in [9.17, 15) is 9.18 Å². The molecule has 3 rings (SSSR count). The average molecular weight is 359 g/mol. The molecule has 2 fully saturated rings. The van der Waals surface area contributed by atoms with Crippen molar-refractivity contribution in [3.05, 3.63) is 41.7 Å². The number of hydrogen-bond donors (Lipinski definition) is 2. The Morgan fingerprint density at radius 1 is 1.15 bits per heavy atom. The van der Waals surface area contributed by atoms with Crippen molar-refractivity contribution in [3.63, 3.8) is 0 Å². The zero-order valence-electron chi connectivity index (χ0n) is 15.4. The fraction of sp³-hybridized carbons (Fsp3) is 0.571. The lowest BCUT2D eigenvalue weighted by molar-refractivity contribution is 0.183. The van der Waals surface area contributed by atoms with Crippen LogP contribution in [0.3, 0.4) is 0 Å². The maximum absolute atomic E-state index is 13.0. The first-order valence-electron chi connectivity index (χ1n) is 9.89. The lowest BCUT2D eigenvalue weighted by atomic mass is 9.97. The third kappa shape index (κ3) is 5.84. The molecule has 1 aromatic rings. The van der Waals surface area contributed by atoms with E-state index in [1.54, 1.807) is 12.1 Å². The smallest absolute Gasteiger partial charge is 0.317 e. The van der Waals surface area contributed by atoms with Crippen LogP contribution in [0.15, 0.2) is 30.3 Å². The maximum atomic E-state index is 13.0. The third-order valence-electron chi connectivity index (χ3n) is 5.41. The SMILES string of the molecule is O=C(NC1CCCC1)N(CC=Cc1ccc(F)cc1)CC1CCNCC1. The molecule has 5 heteroatoms. The van der Waals surface area contributed by atoms with Gasteiger partial charge in [0.15, 0.2) is 0 Å². The first-order chi connectivity index (χ1) is 12.7. The highest BCUT2D eigenvalue weighted by molar-refractivity contribution is 5.75. The Balaban J connectivity index is 1.58. The molecule has 1 saturated carbocycles. The van der Waals surface area contributed by atoms with Crippen molar-refractivity contribution in [2.75, 3.05) is 26.2 Å². The summed E-state index contributed by atoms with van der Waals surface area (Å²) in [5.41, 5.74) is 0.949. The van der Waals surface area contributed by atoms with Gasteiger partial charge in [0.05, 0.1) is 0 Å². The van der Waals surface area contributed by atoms with E-state index < -0.39 is 0 Å². The van der Waals surface area contributed by atoms with Gasteiger partial charge in [-0.15, -0.1) is 0 Å². The fourth-order valence-electron chi connectivity index (χ4n) is 3.84. The summed E-state index contributed by atoms with van der Waals surface area (Å²) in [7, 11) is 0. The number of nitrogens with one attached hydrogen (secondary N) is 2. The Labute approximate surface area is 155 Å². The number of nitrogens with zero attached hydrogens (tertiary/aromatic N) is 1. The van der Waals surface area contributed by atoms with Crippen molar-refractivity contribution in [3.8, 4) is 0 Å². The largest absolute Gasteiger partial charge is 0.335 e. The van der Waals surface area contributed by atoms with Gasteiger partial charge in [-0.3, -0.25) is 0 Å². The lowest BCUT2D eigenvalue weighted by Gasteiger charge is -2.30. The van der Waals surface area contributed by atoms with Gasteiger partial charge in [0.2, 0.25) is 0 Å². The molecule has 1 aromatic carbocycles. The highest BCUT2D eigenvalue weighted by atomic mass is 19.1. The Bertz CT molecular complexity index is 590. The van der Waals surface area contributed by atoms with Crippen molar-refractivity contribution in [1.82, 2.24) is 15.5 Å². The number of hydrogen-bond acceptors (Lipinski definition) is 2. The van der Waals surface area contributed by atoms with Crippen LogP contribution in [0.2, 0.25) is 0 Å². The van der Waals surface area contributed by atoms with E-state index in [0.717, 1.165) is 50.9 Å². The van der Waals surface area contributed by atoms with E-state index >= 15 is 0 Å². The van der Waals surface area contributed by atoms with Crippen LogP contribution >= 0.6 is 0 Å². The summed E-state index contributed by atoms with van der Waals surface area (Å²) in [6.07, 6.45) is 10.8. The molecule has 0 atom stereocenters. The van der Waals surface area contributed by atoms with Crippen molar-refractivity contribution < 1.29 is 9.18 Å². The van der Waals surface area contributed by atoms with Crippen LogP contribution in [-0.4, -0.2) is 43.2 Å². The van der Waals surface area contributed by atoms with Crippen LogP contribution in [0.4, 0.5) is 9.18 Å². The van der Waals surface area contributed by atoms with E-state index in [1.807, 2.05) is 17.1 Å². The minimum Gasteiger partial charge on any atom is -0.335 e. The number of carbonyl (C=O) groups excluding carboxylic acids is 1. The summed E-state index contributed by atoms with van der Waals surface area (Å²) in [6.45, 7) is 3.45. The first kappa shape index (κ1) is 18.9. The second-order valence-corrected chi connectivity index (χ2v) is 7.48. The van der Waals surface area contributed by atoms with E-state index in [0.29, 0.717) is 18.5 Å². The monoisotopic (exact) mass is 359 g/mol. The normalized spacial score (nSPS) is 19.1. The second kappa shape index (κ2) is 9.72. The molecule has 26 heavy (non-hydrogen) atoms. The molecular weight excluding hydrogens is 329 g/mol. The summed E-state index contributed by atoms with van der Waals surface area (Å²) in [5, 5.41) is 6.59. The summed E-state index contributed by atoms with van der Waals surface area (Å²) in [4.78, 5) is 14.7. The van der Waals surface area contributed by atoms with Gasteiger partial charge in [-0.05, 0) is 62.4 Å². The van der Waals surface area contributed by atoms with Crippen LogP contribution in [0.1, 0.15) is 44.1 Å².